The number of pyridine rings is 2. The fourth-order valence-electron chi connectivity index (χ4n) is 3.69. The summed E-state index contributed by atoms with van der Waals surface area (Å²) < 4.78 is 12.5. The normalized spacial score (nSPS) is 17.6. The number of hydrogen-bond acceptors (Lipinski definition) is 7. The summed E-state index contributed by atoms with van der Waals surface area (Å²) in [6.07, 6.45) is 5.17. The Morgan fingerprint density at radius 2 is 2.32 bits per heavy atom. The van der Waals surface area contributed by atoms with Crippen LogP contribution in [0.2, 0.25) is 0 Å². The van der Waals surface area contributed by atoms with Crippen molar-refractivity contribution in [2.45, 2.75) is 13.0 Å². The number of aliphatic imine (C=N–C) groups is 1. The van der Waals surface area contributed by atoms with E-state index in [0.717, 1.165) is 59.0 Å². The standard InChI is InChI=1S/C22H27FN8/c1-15-14-31(9-8-26-15)21-5-3-4-18(28-21)22-17-10-19(27-13-20(17)29-30-22)16(11-24-2)12-25-7-6-23/h3-5,10-13,15,25-26H,6-9,14H2,1-2H3,(H,29,30)/b16-12+,24-11-/t15-/m1/s1. The quantitative estimate of drug-likeness (QED) is 0.400. The number of nitrogens with zero attached hydrogens (tertiary/aromatic N) is 5. The van der Waals surface area contributed by atoms with Crippen LogP contribution < -0.4 is 15.5 Å². The molecular weight excluding hydrogens is 395 g/mol. The van der Waals surface area contributed by atoms with Crippen LogP contribution in [0.5, 0.6) is 0 Å². The number of alkyl halides is 1. The van der Waals surface area contributed by atoms with Crippen molar-refractivity contribution in [2.75, 3.05) is 44.8 Å². The fraction of sp³-hybridized carbons (Fsp3) is 0.364. The second-order valence-electron chi connectivity index (χ2n) is 7.50. The summed E-state index contributed by atoms with van der Waals surface area (Å²) in [5.41, 5.74) is 3.89. The predicted octanol–water partition coefficient (Wildman–Crippen LogP) is 2.42. The van der Waals surface area contributed by atoms with E-state index in [1.165, 1.54) is 0 Å². The zero-order valence-electron chi connectivity index (χ0n) is 17.8. The molecule has 3 aromatic rings. The van der Waals surface area contributed by atoms with Crippen LogP contribution in [0.25, 0.3) is 27.9 Å². The van der Waals surface area contributed by atoms with Gasteiger partial charge >= 0.3 is 0 Å². The minimum absolute atomic E-state index is 0.238. The zero-order valence-corrected chi connectivity index (χ0v) is 17.8. The lowest BCUT2D eigenvalue weighted by Crippen LogP contribution is -2.49. The SMILES string of the molecule is C/N=C\C(=C/NCCF)c1cc2c(-c3cccc(N4CCN[C@H](C)C4)n3)n[nH]c2cn1. The van der Waals surface area contributed by atoms with Crippen LogP contribution in [-0.4, -0.2) is 72.3 Å². The number of allylic oxidation sites excluding steroid dienone is 1. The number of halogens is 1. The molecule has 3 N–H and O–H groups in total. The molecular formula is C22H27FN8. The molecule has 1 atom stereocenters. The highest BCUT2D eigenvalue weighted by atomic mass is 19.1. The van der Waals surface area contributed by atoms with Crippen LogP contribution in [0, 0.1) is 0 Å². The van der Waals surface area contributed by atoms with E-state index < -0.39 is 6.67 Å². The summed E-state index contributed by atoms with van der Waals surface area (Å²) in [4.78, 5) is 15.8. The molecule has 1 fully saturated rings. The molecule has 0 amide bonds. The summed E-state index contributed by atoms with van der Waals surface area (Å²) in [6, 6.07) is 8.41. The third kappa shape index (κ3) is 4.72. The molecule has 1 saturated heterocycles. The molecule has 162 valence electrons. The number of anilines is 1. The minimum Gasteiger partial charge on any atom is -0.388 e. The molecule has 0 radical (unpaired) electrons. The molecule has 0 bridgehead atoms. The number of aromatic nitrogens is 4. The van der Waals surface area contributed by atoms with E-state index in [9.17, 15) is 4.39 Å². The van der Waals surface area contributed by atoms with Gasteiger partial charge < -0.3 is 15.5 Å². The lowest BCUT2D eigenvalue weighted by Gasteiger charge is -2.32. The van der Waals surface area contributed by atoms with Gasteiger partial charge in [0, 0.05) is 62.6 Å². The van der Waals surface area contributed by atoms with Gasteiger partial charge in [0.25, 0.3) is 0 Å². The van der Waals surface area contributed by atoms with Crippen LogP contribution in [0.15, 0.2) is 41.7 Å². The molecule has 31 heavy (non-hydrogen) atoms. The fourth-order valence-corrected chi connectivity index (χ4v) is 3.69. The molecule has 1 aliphatic rings. The van der Waals surface area contributed by atoms with E-state index in [2.05, 4.69) is 42.6 Å². The number of rotatable bonds is 7. The first kappa shape index (κ1) is 20.9. The number of piperazine rings is 1. The Morgan fingerprint density at radius 3 is 3.13 bits per heavy atom. The van der Waals surface area contributed by atoms with Gasteiger partial charge in [0.05, 0.1) is 23.1 Å². The first-order chi connectivity index (χ1) is 15.2. The van der Waals surface area contributed by atoms with Crippen molar-refractivity contribution in [3.8, 4) is 11.4 Å². The highest BCUT2D eigenvalue weighted by Gasteiger charge is 2.18. The number of fused-ring (bicyclic) bond motifs is 1. The summed E-state index contributed by atoms with van der Waals surface area (Å²) in [7, 11) is 1.69. The van der Waals surface area contributed by atoms with Gasteiger partial charge in [-0.1, -0.05) is 6.07 Å². The summed E-state index contributed by atoms with van der Waals surface area (Å²) >= 11 is 0. The zero-order chi connectivity index (χ0) is 21.6. The van der Waals surface area contributed by atoms with Gasteiger partial charge in [-0.25, -0.2) is 9.37 Å². The average Bonchev–Trinajstić information content (AvgIpc) is 3.22. The van der Waals surface area contributed by atoms with Gasteiger partial charge in [-0.15, -0.1) is 0 Å². The van der Waals surface area contributed by atoms with Crippen molar-refractivity contribution >= 4 is 28.5 Å². The van der Waals surface area contributed by atoms with Crippen LogP contribution in [0.3, 0.4) is 0 Å². The van der Waals surface area contributed by atoms with Crippen LogP contribution in [0.1, 0.15) is 12.6 Å². The highest BCUT2D eigenvalue weighted by Crippen LogP contribution is 2.28. The Morgan fingerprint density at radius 1 is 1.42 bits per heavy atom. The van der Waals surface area contributed by atoms with Gasteiger partial charge in [-0.2, -0.15) is 5.10 Å². The largest absolute Gasteiger partial charge is 0.388 e. The molecule has 4 rings (SSSR count). The van der Waals surface area contributed by atoms with Crippen molar-refractivity contribution < 1.29 is 4.39 Å². The van der Waals surface area contributed by atoms with Crippen LogP contribution >= 0.6 is 0 Å². The molecule has 9 heteroatoms. The summed E-state index contributed by atoms with van der Waals surface area (Å²) in [6.45, 7) is 4.76. The molecule has 0 aromatic carbocycles. The van der Waals surface area contributed by atoms with Gasteiger partial charge in [0.2, 0.25) is 0 Å². The van der Waals surface area contributed by atoms with Gasteiger partial charge in [0.15, 0.2) is 0 Å². The van der Waals surface area contributed by atoms with Crippen molar-refractivity contribution in [2.24, 2.45) is 4.99 Å². The third-order valence-corrected chi connectivity index (χ3v) is 5.18. The number of hydrogen-bond donors (Lipinski definition) is 3. The Labute approximate surface area is 180 Å². The van der Waals surface area contributed by atoms with Crippen molar-refractivity contribution in [1.29, 1.82) is 0 Å². The molecule has 8 nitrogen and oxygen atoms in total. The predicted molar refractivity (Wildman–Crippen MR) is 123 cm³/mol. The Bertz CT molecular complexity index is 1090. The molecule has 0 spiro atoms. The van der Waals surface area contributed by atoms with Crippen molar-refractivity contribution in [3.63, 3.8) is 0 Å². The van der Waals surface area contributed by atoms with E-state index in [1.807, 2.05) is 24.3 Å². The number of nitrogens with one attached hydrogen (secondary N) is 3. The highest BCUT2D eigenvalue weighted by molar-refractivity contribution is 6.10. The summed E-state index contributed by atoms with van der Waals surface area (Å²) in [5.74, 6) is 0.949. The maximum atomic E-state index is 12.5. The van der Waals surface area contributed by atoms with E-state index in [1.54, 1.807) is 25.7 Å². The Kier molecular flexibility index (Phi) is 6.51. The maximum Gasteiger partial charge on any atom is 0.129 e. The van der Waals surface area contributed by atoms with E-state index in [0.29, 0.717) is 6.04 Å². The Hall–Kier alpha value is -3.33. The second kappa shape index (κ2) is 9.65. The van der Waals surface area contributed by atoms with Crippen LogP contribution in [-0.2, 0) is 0 Å². The number of H-pyrrole nitrogens is 1. The monoisotopic (exact) mass is 422 g/mol. The topological polar surface area (TPSA) is 94.1 Å². The molecule has 0 aliphatic carbocycles. The second-order valence-corrected chi connectivity index (χ2v) is 7.50. The van der Waals surface area contributed by atoms with Gasteiger partial charge in [0.1, 0.15) is 18.2 Å². The Balaban J connectivity index is 1.69. The molecule has 4 heterocycles. The van der Waals surface area contributed by atoms with E-state index in [4.69, 9.17) is 4.98 Å². The first-order valence-electron chi connectivity index (χ1n) is 10.4. The molecule has 1 aliphatic heterocycles. The summed E-state index contributed by atoms with van der Waals surface area (Å²) in [5, 5.41) is 14.9. The lowest BCUT2D eigenvalue weighted by atomic mass is 10.1. The van der Waals surface area contributed by atoms with Gasteiger partial charge in [-0.05, 0) is 25.1 Å². The number of aromatic amines is 1. The van der Waals surface area contributed by atoms with E-state index >= 15 is 0 Å². The molecule has 3 aromatic heterocycles. The maximum absolute atomic E-state index is 12.5. The lowest BCUT2D eigenvalue weighted by molar-refractivity contribution is 0.482. The van der Waals surface area contributed by atoms with Crippen molar-refractivity contribution in [1.82, 2.24) is 30.8 Å². The van der Waals surface area contributed by atoms with Crippen molar-refractivity contribution in [3.05, 3.63) is 42.4 Å². The van der Waals surface area contributed by atoms with E-state index in [-0.39, 0.29) is 6.54 Å². The molecule has 0 saturated carbocycles. The third-order valence-electron chi connectivity index (χ3n) is 5.18. The smallest absolute Gasteiger partial charge is 0.129 e. The molecule has 0 unspecified atom stereocenters. The minimum atomic E-state index is -0.445. The van der Waals surface area contributed by atoms with Gasteiger partial charge in [-0.3, -0.25) is 15.1 Å². The van der Waals surface area contributed by atoms with Crippen LogP contribution in [0.4, 0.5) is 10.2 Å². The first-order valence-corrected chi connectivity index (χ1v) is 10.4. The average molecular weight is 423 g/mol.